The molecular formula is C29H36Cl2N4O. The van der Waals surface area contributed by atoms with E-state index < -0.39 is 0 Å². The van der Waals surface area contributed by atoms with Gasteiger partial charge in [0.2, 0.25) is 5.91 Å². The van der Waals surface area contributed by atoms with Crippen molar-refractivity contribution in [2.45, 2.75) is 45.6 Å². The van der Waals surface area contributed by atoms with Crippen molar-refractivity contribution in [1.29, 1.82) is 0 Å². The number of carbonyl (C=O) groups excluding carboxylic acids is 1. The fraction of sp³-hybridized carbons (Fsp3) is 0.448. The molecule has 0 radical (unpaired) electrons. The van der Waals surface area contributed by atoms with Gasteiger partial charge in [-0.1, -0.05) is 12.1 Å². The monoisotopic (exact) mass is 526 g/mol. The Morgan fingerprint density at radius 2 is 1.78 bits per heavy atom. The molecular weight excluding hydrogens is 491 g/mol. The quantitative estimate of drug-likeness (QED) is 0.448. The lowest BCUT2D eigenvalue weighted by molar-refractivity contribution is -0.119. The van der Waals surface area contributed by atoms with Gasteiger partial charge < -0.3 is 9.80 Å². The Morgan fingerprint density at radius 3 is 2.56 bits per heavy atom. The van der Waals surface area contributed by atoms with Crippen LogP contribution in [0.2, 0.25) is 0 Å². The molecule has 0 spiro atoms. The van der Waals surface area contributed by atoms with E-state index in [1.54, 1.807) is 0 Å². The van der Waals surface area contributed by atoms with Gasteiger partial charge in [-0.2, -0.15) is 0 Å². The van der Waals surface area contributed by atoms with E-state index in [0.29, 0.717) is 17.9 Å². The van der Waals surface area contributed by atoms with Gasteiger partial charge in [-0.3, -0.25) is 14.7 Å². The highest BCUT2D eigenvalue weighted by atomic mass is 35.5. The van der Waals surface area contributed by atoms with Crippen molar-refractivity contribution in [3.63, 3.8) is 0 Å². The highest BCUT2D eigenvalue weighted by Crippen LogP contribution is 2.56. The maximum absolute atomic E-state index is 12.5. The van der Waals surface area contributed by atoms with Gasteiger partial charge in [0.05, 0.1) is 5.52 Å². The van der Waals surface area contributed by atoms with Crippen molar-refractivity contribution in [3.05, 3.63) is 64.8 Å². The van der Waals surface area contributed by atoms with Crippen LogP contribution in [0.1, 0.15) is 41.6 Å². The Balaban J connectivity index is 0.00000152. The number of amides is 1. The summed E-state index contributed by atoms with van der Waals surface area (Å²) in [5, 5.41) is 1.25. The first-order valence-electron chi connectivity index (χ1n) is 12.7. The number of carbonyl (C=O) groups is 1. The minimum absolute atomic E-state index is 0. The van der Waals surface area contributed by atoms with E-state index in [9.17, 15) is 4.79 Å². The smallest absolute Gasteiger partial charge is 0.230 e. The standard InChI is InChI=1S/C29H34N4O.2ClH/c1-18-8-11-27-28(23-16-24(23)29(34)31(27)4)21(18)12-13-32-14-15-33(17-20(32)3)26-7-5-6-25-22(26)10-9-19(2)30-25;;/h5-11,20,23-24H,12-17H2,1-4H3;2*1H/t20-,23?,24?;;/m1../s1. The number of fused-ring (bicyclic) bond motifs is 4. The number of hydrogen-bond acceptors (Lipinski definition) is 4. The Hall–Kier alpha value is -2.34. The fourth-order valence-electron chi connectivity index (χ4n) is 6.27. The minimum atomic E-state index is 0. The van der Waals surface area contributed by atoms with Crippen molar-refractivity contribution in [2.24, 2.45) is 5.92 Å². The van der Waals surface area contributed by atoms with Crippen LogP contribution in [-0.4, -0.2) is 55.1 Å². The second kappa shape index (κ2) is 10.2. The zero-order chi connectivity index (χ0) is 23.6. The average molecular weight is 528 g/mol. The number of halogens is 2. The lowest BCUT2D eigenvalue weighted by Crippen LogP contribution is -2.52. The molecule has 1 aromatic heterocycles. The van der Waals surface area contributed by atoms with Crippen LogP contribution in [0.25, 0.3) is 10.9 Å². The van der Waals surface area contributed by atoms with Crippen LogP contribution in [0.5, 0.6) is 0 Å². The van der Waals surface area contributed by atoms with Gasteiger partial charge in [0.25, 0.3) is 0 Å². The number of nitrogens with zero attached hydrogens (tertiary/aromatic N) is 4. The predicted octanol–water partition coefficient (Wildman–Crippen LogP) is 5.53. The number of aromatic nitrogens is 1. The first kappa shape index (κ1) is 26.7. The largest absolute Gasteiger partial charge is 0.368 e. The third-order valence-electron chi connectivity index (χ3n) is 8.34. The Labute approximate surface area is 226 Å². The van der Waals surface area contributed by atoms with Crippen LogP contribution in [0.3, 0.4) is 0 Å². The molecule has 6 rings (SSSR count). The fourth-order valence-corrected chi connectivity index (χ4v) is 6.27. The summed E-state index contributed by atoms with van der Waals surface area (Å²) in [4.78, 5) is 24.3. The molecule has 3 atom stereocenters. The Kier molecular flexibility index (Phi) is 7.57. The summed E-state index contributed by atoms with van der Waals surface area (Å²) in [7, 11) is 1.94. The van der Waals surface area contributed by atoms with Crippen LogP contribution < -0.4 is 9.80 Å². The van der Waals surface area contributed by atoms with Gasteiger partial charge in [-0.05, 0) is 86.6 Å². The number of hydrogen-bond donors (Lipinski definition) is 0. The van der Waals surface area contributed by atoms with Crippen LogP contribution in [-0.2, 0) is 11.2 Å². The zero-order valence-corrected chi connectivity index (χ0v) is 23.2. The van der Waals surface area contributed by atoms with E-state index >= 15 is 0 Å². The molecule has 2 aliphatic heterocycles. The van der Waals surface area contributed by atoms with Crippen molar-refractivity contribution >= 4 is 53.0 Å². The van der Waals surface area contributed by atoms with E-state index in [4.69, 9.17) is 4.98 Å². The van der Waals surface area contributed by atoms with Crippen LogP contribution >= 0.6 is 24.8 Å². The highest BCUT2D eigenvalue weighted by Gasteiger charge is 2.51. The molecule has 3 heterocycles. The average Bonchev–Trinajstić information content (AvgIpc) is 3.63. The summed E-state index contributed by atoms with van der Waals surface area (Å²) in [5.41, 5.74) is 8.90. The SMILES string of the molecule is Cc1ccc2c(N3CCN(CCc4c(C)ccc5c4C4CC4C(=O)N5C)[C@H](C)C3)cccc2n1.Cl.Cl. The topological polar surface area (TPSA) is 39.7 Å². The molecule has 1 amide bonds. The molecule has 1 aliphatic carbocycles. The Morgan fingerprint density at radius 1 is 0.972 bits per heavy atom. The van der Waals surface area contributed by atoms with Crippen molar-refractivity contribution < 1.29 is 4.79 Å². The summed E-state index contributed by atoms with van der Waals surface area (Å²) in [5.74, 6) is 0.974. The number of piperazine rings is 1. The van der Waals surface area contributed by atoms with Gasteiger partial charge in [-0.25, -0.2) is 0 Å². The third kappa shape index (κ3) is 4.46. The first-order chi connectivity index (χ1) is 16.4. The number of aryl methyl sites for hydroxylation is 2. The molecule has 1 saturated carbocycles. The first-order valence-corrected chi connectivity index (χ1v) is 12.7. The normalized spacial score (nSPS) is 23.0. The van der Waals surface area contributed by atoms with Crippen LogP contribution in [0.15, 0.2) is 42.5 Å². The van der Waals surface area contributed by atoms with E-state index in [0.717, 1.165) is 55.9 Å². The number of anilines is 2. The van der Waals surface area contributed by atoms with E-state index in [2.05, 4.69) is 73.0 Å². The van der Waals surface area contributed by atoms with E-state index in [1.165, 1.54) is 27.8 Å². The van der Waals surface area contributed by atoms with Gasteiger partial charge in [-0.15, -0.1) is 24.8 Å². The molecule has 0 N–H and O–H groups in total. The molecule has 3 aromatic rings. The molecule has 2 unspecified atom stereocenters. The van der Waals surface area contributed by atoms with Gasteiger partial charge in [0.1, 0.15) is 0 Å². The lowest BCUT2D eigenvalue weighted by atomic mass is 9.90. The Bertz CT molecular complexity index is 1300. The molecule has 3 aliphatic rings. The second-order valence-electron chi connectivity index (χ2n) is 10.5. The summed E-state index contributed by atoms with van der Waals surface area (Å²) < 4.78 is 0. The maximum atomic E-state index is 12.5. The predicted molar refractivity (Wildman–Crippen MR) is 153 cm³/mol. The summed E-state index contributed by atoms with van der Waals surface area (Å²) in [6.45, 7) is 10.8. The number of benzene rings is 2. The van der Waals surface area contributed by atoms with E-state index in [-0.39, 0.29) is 30.7 Å². The van der Waals surface area contributed by atoms with Crippen molar-refractivity contribution in [2.75, 3.05) is 43.0 Å². The molecule has 2 aromatic carbocycles. The van der Waals surface area contributed by atoms with Crippen molar-refractivity contribution in [1.82, 2.24) is 9.88 Å². The highest BCUT2D eigenvalue weighted by molar-refractivity contribution is 6.01. The third-order valence-corrected chi connectivity index (χ3v) is 8.34. The van der Waals surface area contributed by atoms with Gasteiger partial charge in [0, 0.05) is 67.6 Å². The van der Waals surface area contributed by atoms with Crippen LogP contribution in [0, 0.1) is 19.8 Å². The van der Waals surface area contributed by atoms with Crippen molar-refractivity contribution in [3.8, 4) is 0 Å². The lowest BCUT2D eigenvalue weighted by Gasteiger charge is -2.41. The van der Waals surface area contributed by atoms with Crippen LogP contribution in [0.4, 0.5) is 11.4 Å². The van der Waals surface area contributed by atoms with E-state index in [1.807, 2.05) is 11.9 Å². The molecule has 0 bridgehead atoms. The zero-order valence-electron chi connectivity index (χ0n) is 21.5. The molecule has 7 heteroatoms. The summed E-state index contributed by atoms with van der Waals surface area (Å²) in [6.07, 6.45) is 2.09. The number of rotatable bonds is 4. The summed E-state index contributed by atoms with van der Waals surface area (Å²) in [6, 6.07) is 15.7. The number of pyridine rings is 1. The second-order valence-corrected chi connectivity index (χ2v) is 10.5. The molecule has 1 saturated heterocycles. The molecule has 2 fully saturated rings. The van der Waals surface area contributed by atoms with Gasteiger partial charge >= 0.3 is 0 Å². The molecule has 36 heavy (non-hydrogen) atoms. The van der Waals surface area contributed by atoms with Gasteiger partial charge in [0.15, 0.2) is 0 Å². The molecule has 5 nitrogen and oxygen atoms in total. The minimum Gasteiger partial charge on any atom is -0.368 e. The maximum Gasteiger partial charge on any atom is 0.230 e. The molecule has 192 valence electrons. The summed E-state index contributed by atoms with van der Waals surface area (Å²) >= 11 is 0.